The number of benzene rings is 2. The summed E-state index contributed by atoms with van der Waals surface area (Å²) in [5.74, 6) is -1.02. The summed E-state index contributed by atoms with van der Waals surface area (Å²) in [6.07, 6.45) is 0. The van der Waals surface area contributed by atoms with E-state index in [9.17, 15) is 8.78 Å². The molecule has 2 aromatic rings. The lowest BCUT2D eigenvalue weighted by molar-refractivity contribution is 0.318. The van der Waals surface area contributed by atoms with E-state index in [2.05, 4.69) is 5.16 Å². The van der Waals surface area contributed by atoms with Crippen molar-refractivity contribution in [2.24, 2.45) is 10.9 Å². The number of amidine groups is 1. The van der Waals surface area contributed by atoms with Gasteiger partial charge in [-0.15, -0.1) is 11.8 Å². The molecule has 3 nitrogen and oxygen atoms in total. The molecule has 0 spiro atoms. The number of aryl methyl sites for hydroxylation is 1. The number of rotatable bonds is 4. The number of halogens is 2. The summed E-state index contributed by atoms with van der Waals surface area (Å²) in [5.41, 5.74) is 8.18. The van der Waals surface area contributed by atoms with E-state index in [0.29, 0.717) is 16.2 Å². The van der Waals surface area contributed by atoms with Gasteiger partial charge in [0.1, 0.15) is 0 Å². The van der Waals surface area contributed by atoms with Crippen molar-refractivity contribution in [3.05, 3.63) is 64.7 Å². The average Bonchev–Trinajstić information content (AvgIpc) is 2.48. The van der Waals surface area contributed by atoms with E-state index in [-0.39, 0.29) is 5.84 Å². The minimum atomic E-state index is -0.848. The van der Waals surface area contributed by atoms with Gasteiger partial charge < -0.3 is 10.9 Å². The summed E-state index contributed by atoms with van der Waals surface area (Å²) in [4.78, 5) is 0.661. The summed E-state index contributed by atoms with van der Waals surface area (Å²) in [5, 5.41) is 11.6. The van der Waals surface area contributed by atoms with E-state index in [1.54, 1.807) is 12.1 Å². The summed E-state index contributed by atoms with van der Waals surface area (Å²) >= 11 is 1.41. The van der Waals surface area contributed by atoms with Crippen molar-refractivity contribution in [2.75, 3.05) is 0 Å². The second-order valence-corrected chi connectivity index (χ2v) is 5.54. The number of hydrogen-bond acceptors (Lipinski definition) is 3. The zero-order valence-corrected chi connectivity index (χ0v) is 12.1. The molecule has 0 atom stereocenters. The molecule has 0 saturated carbocycles. The van der Waals surface area contributed by atoms with Crippen LogP contribution in [0.15, 0.2) is 46.4 Å². The van der Waals surface area contributed by atoms with Crippen molar-refractivity contribution in [3.63, 3.8) is 0 Å². The Morgan fingerprint density at radius 3 is 2.57 bits per heavy atom. The highest BCUT2D eigenvalue weighted by Gasteiger charge is 2.06. The maximum atomic E-state index is 13.1. The van der Waals surface area contributed by atoms with Crippen LogP contribution in [-0.2, 0) is 5.75 Å². The Kier molecular flexibility index (Phi) is 4.80. The van der Waals surface area contributed by atoms with Crippen LogP contribution in [0.5, 0.6) is 0 Å². The van der Waals surface area contributed by atoms with Gasteiger partial charge in [-0.2, -0.15) is 0 Å². The van der Waals surface area contributed by atoms with Crippen molar-refractivity contribution >= 4 is 17.6 Å². The molecule has 21 heavy (non-hydrogen) atoms. The number of nitrogens with two attached hydrogens (primary N) is 1. The van der Waals surface area contributed by atoms with E-state index in [1.165, 1.54) is 17.8 Å². The fourth-order valence-corrected chi connectivity index (χ4v) is 2.80. The summed E-state index contributed by atoms with van der Waals surface area (Å²) in [6, 6.07) is 9.28. The van der Waals surface area contributed by atoms with Gasteiger partial charge >= 0.3 is 0 Å². The largest absolute Gasteiger partial charge is 0.409 e. The molecule has 0 aliphatic heterocycles. The van der Waals surface area contributed by atoms with Gasteiger partial charge in [-0.05, 0) is 42.3 Å². The first-order valence-corrected chi connectivity index (χ1v) is 7.15. The summed E-state index contributed by atoms with van der Waals surface area (Å²) < 4.78 is 26.0. The van der Waals surface area contributed by atoms with Crippen molar-refractivity contribution in [1.82, 2.24) is 0 Å². The Bertz CT molecular complexity index is 689. The van der Waals surface area contributed by atoms with Crippen molar-refractivity contribution in [1.29, 1.82) is 0 Å². The molecular weight excluding hydrogens is 294 g/mol. The first-order chi connectivity index (χ1) is 10.0. The molecule has 0 unspecified atom stereocenters. The molecule has 0 radical (unpaired) electrons. The third-order valence-corrected chi connectivity index (χ3v) is 4.07. The predicted octanol–water partition coefficient (Wildman–Crippen LogP) is 3.66. The Morgan fingerprint density at radius 2 is 1.95 bits per heavy atom. The third kappa shape index (κ3) is 3.72. The SMILES string of the molecule is Cc1cc(/C(N)=N/O)ccc1CSc1ccc(F)c(F)c1. The molecule has 2 aromatic carbocycles. The topological polar surface area (TPSA) is 58.6 Å². The van der Waals surface area contributed by atoms with E-state index in [0.717, 1.165) is 17.2 Å². The van der Waals surface area contributed by atoms with E-state index < -0.39 is 11.6 Å². The van der Waals surface area contributed by atoms with Crippen molar-refractivity contribution in [2.45, 2.75) is 17.6 Å². The smallest absolute Gasteiger partial charge is 0.170 e. The maximum Gasteiger partial charge on any atom is 0.170 e. The molecular formula is C15H14F2N2OS. The lowest BCUT2D eigenvalue weighted by atomic mass is 10.1. The maximum absolute atomic E-state index is 13.1. The minimum absolute atomic E-state index is 0.0536. The minimum Gasteiger partial charge on any atom is -0.409 e. The normalized spacial score (nSPS) is 11.7. The van der Waals surface area contributed by atoms with Gasteiger partial charge in [-0.1, -0.05) is 17.3 Å². The lowest BCUT2D eigenvalue weighted by Gasteiger charge is -2.08. The molecule has 0 aromatic heterocycles. The second kappa shape index (κ2) is 6.58. The quantitative estimate of drug-likeness (QED) is 0.298. The Balaban J connectivity index is 2.11. The van der Waals surface area contributed by atoms with Gasteiger partial charge in [0, 0.05) is 16.2 Å². The molecule has 110 valence electrons. The van der Waals surface area contributed by atoms with Gasteiger partial charge in [0.25, 0.3) is 0 Å². The molecule has 0 aliphatic carbocycles. The highest BCUT2D eigenvalue weighted by atomic mass is 32.2. The Hall–Kier alpha value is -2.08. The molecule has 0 heterocycles. The summed E-state index contributed by atoms with van der Waals surface area (Å²) in [6.45, 7) is 1.91. The van der Waals surface area contributed by atoms with Crippen LogP contribution >= 0.6 is 11.8 Å². The highest BCUT2D eigenvalue weighted by molar-refractivity contribution is 7.98. The van der Waals surface area contributed by atoms with Gasteiger partial charge in [0.15, 0.2) is 17.5 Å². The number of thioether (sulfide) groups is 1. The highest BCUT2D eigenvalue weighted by Crippen LogP contribution is 2.26. The van der Waals surface area contributed by atoms with E-state index >= 15 is 0 Å². The standard InChI is InChI=1S/C15H14F2N2OS/c1-9-6-10(15(18)19-20)2-3-11(9)8-21-12-4-5-13(16)14(17)7-12/h2-7,20H,8H2,1H3,(H2,18,19). The van der Waals surface area contributed by atoms with Crippen LogP contribution in [0, 0.1) is 18.6 Å². The van der Waals surface area contributed by atoms with Crippen LogP contribution in [0.3, 0.4) is 0 Å². The van der Waals surface area contributed by atoms with Crippen LogP contribution < -0.4 is 5.73 Å². The van der Waals surface area contributed by atoms with Crippen molar-refractivity contribution in [3.8, 4) is 0 Å². The first kappa shape index (κ1) is 15.3. The number of nitrogens with zero attached hydrogens (tertiary/aromatic N) is 1. The zero-order chi connectivity index (χ0) is 15.4. The molecule has 0 fully saturated rings. The predicted molar refractivity (Wildman–Crippen MR) is 79.6 cm³/mol. The van der Waals surface area contributed by atoms with Gasteiger partial charge in [-0.25, -0.2) is 8.78 Å². The molecule has 3 N–H and O–H groups in total. The van der Waals surface area contributed by atoms with E-state index in [1.807, 2.05) is 19.1 Å². The molecule has 0 saturated heterocycles. The van der Waals surface area contributed by atoms with Gasteiger partial charge in [-0.3, -0.25) is 0 Å². The summed E-state index contributed by atoms with van der Waals surface area (Å²) in [7, 11) is 0. The Labute approximate surface area is 125 Å². The van der Waals surface area contributed by atoms with Gasteiger partial charge in [0.05, 0.1) is 0 Å². The fraction of sp³-hybridized carbons (Fsp3) is 0.133. The third-order valence-electron chi connectivity index (χ3n) is 3.03. The first-order valence-electron chi connectivity index (χ1n) is 6.16. The second-order valence-electron chi connectivity index (χ2n) is 4.49. The number of hydrogen-bond donors (Lipinski definition) is 2. The van der Waals surface area contributed by atoms with Crippen LogP contribution in [0.25, 0.3) is 0 Å². The number of oxime groups is 1. The average molecular weight is 308 g/mol. The van der Waals surface area contributed by atoms with Crippen molar-refractivity contribution < 1.29 is 14.0 Å². The monoisotopic (exact) mass is 308 g/mol. The Morgan fingerprint density at radius 1 is 1.19 bits per heavy atom. The lowest BCUT2D eigenvalue weighted by Crippen LogP contribution is -2.13. The fourth-order valence-electron chi connectivity index (χ4n) is 1.80. The van der Waals surface area contributed by atoms with Crippen LogP contribution in [0.1, 0.15) is 16.7 Å². The van der Waals surface area contributed by atoms with Crippen LogP contribution in [0.4, 0.5) is 8.78 Å². The molecule has 0 aliphatic rings. The van der Waals surface area contributed by atoms with Crippen LogP contribution in [0.2, 0.25) is 0 Å². The molecule has 6 heteroatoms. The van der Waals surface area contributed by atoms with Gasteiger partial charge in [0.2, 0.25) is 0 Å². The van der Waals surface area contributed by atoms with Crippen LogP contribution in [-0.4, -0.2) is 11.0 Å². The molecule has 0 amide bonds. The van der Waals surface area contributed by atoms with E-state index in [4.69, 9.17) is 10.9 Å². The molecule has 0 bridgehead atoms. The molecule has 2 rings (SSSR count). The zero-order valence-electron chi connectivity index (χ0n) is 11.3.